The SMILES string of the molecule is CC(Oc1cccc2ccccc12)C(=O)N1CCN(C)CC1. The largest absolute Gasteiger partial charge is 0.480 e. The van der Waals surface area contributed by atoms with Gasteiger partial charge >= 0.3 is 0 Å². The second-order valence-electron chi connectivity index (χ2n) is 5.87. The monoisotopic (exact) mass is 298 g/mol. The molecule has 4 heteroatoms. The molecule has 1 atom stereocenters. The molecule has 22 heavy (non-hydrogen) atoms. The molecule has 0 bridgehead atoms. The van der Waals surface area contributed by atoms with Gasteiger partial charge in [0.05, 0.1) is 0 Å². The van der Waals surface area contributed by atoms with Crippen LogP contribution in [0.2, 0.25) is 0 Å². The summed E-state index contributed by atoms with van der Waals surface area (Å²) in [5.41, 5.74) is 0. The van der Waals surface area contributed by atoms with Crippen LogP contribution in [-0.4, -0.2) is 55.0 Å². The van der Waals surface area contributed by atoms with Crippen molar-refractivity contribution in [1.82, 2.24) is 9.80 Å². The molecule has 1 unspecified atom stereocenters. The quantitative estimate of drug-likeness (QED) is 0.872. The highest BCUT2D eigenvalue weighted by Crippen LogP contribution is 2.26. The van der Waals surface area contributed by atoms with Gasteiger partial charge in [-0.15, -0.1) is 0 Å². The average molecular weight is 298 g/mol. The molecular formula is C18H22N2O2. The van der Waals surface area contributed by atoms with E-state index in [1.165, 1.54) is 0 Å². The first kappa shape index (κ1) is 14.9. The Morgan fingerprint density at radius 3 is 2.50 bits per heavy atom. The molecule has 1 aliphatic heterocycles. The third-order valence-electron chi connectivity index (χ3n) is 4.22. The van der Waals surface area contributed by atoms with E-state index in [4.69, 9.17) is 4.74 Å². The van der Waals surface area contributed by atoms with Crippen LogP contribution in [0.5, 0.6) is 5.75 Å². The van der Waals surface area contributed by atoms with Crippen LogP contribution in [0.4, 0.5) is 0 Å². The van der Waals surface area contributed by atoms with Crippen molar-refractivity contribution >= 4 is 16.7 Å². The van der Waals surface area contributed by atoms with Crippen LogP contribution in [0.15, 0.2) is 42.5 Å². The number of likely N-dealkylation sites (N-methyl/N-ethyl adjacent to an activating group) is 1. The lowest BCUT2D eigenvalue weighted by molar-refractivity contribution is -0.139. The standard InChI is InChI=1S/C18H22N2O2/c1-14(18(21)20-12-10-19(2)11-13-20)22-17-9-5-7-15-6-3-4-8-16(15)17/h3-9,14H,10-13H2,1-2H3. The predicted molar refractivity (Wildman–Crippen MR) is 88.1 cm³/mol. The van der Waals surface area contributed by atoms with Gasteiger partial charge in [-0.3, -0.25) is 4.79 Å². The van der Waals surface area contributed by atoms with Crippen molar-refractivity contribution in [2.24, 2.45) is 0 Å². The molecule has 2 aromatic rings. The number of amides is 1. The van der Waals surface area contributed by atoms with Gasteiger partial charge in [0.2, 0.25) is 0 Å². The smallest absolute Gasteiger partial charge is 0.263 e. The van der Waals surface area contributed by atoms with Crippen LogP contribution in [0.1, 0.15) is 6.92 Å². The molecule has 0 aliphatic carbocycles. The Kier molecular flexibility index (Phi) is 4.29. The fourth-order valence-electron chi connectivity index (χ4n) is 2.82. The Balaban J connectivity index is 1.73. The molecule has 0 spiro atoms. The minimum Gasteiger partial charge on any atom is -0.480 e. The molecular weight excluding hydrogens is 276 g/mol. The lowest BCUT2D eigenvalue weighted by Gasteiger charge is -2.33. The molecule has 2 aromatic carbocycles. The summed E-state index contributed by atoms with van der Waals surface area (Å²) >= 11 is 0. The van der Waals surface area contributed by atoms with Gasteiger partial charge < -0.3 is 14.5 Å². The van der Waals surface area contributed by atoms with Gasteiger partial charge in [-0.05, 0) is 25.4 Å². The number of fused-ring (bicyclic) bond motifs is 1. The Labute approximate surface area is 131 Å². The highest BCUT2D eigenvalue weighted by atomic mass is 16.5. The van der Waals surface area contributed by atoms with Crippen molar-refractivity contribution < 1.29 is 9.53 Å². The lowest BCUT2D eigenvalue weighted by Crippen LogP contribution is -2.50. The average Bonchev–Trinajstić information content (AvgIpc) is 2.55. The first-order valence-electron chi connectivity index (χ1n) is 7.77. The number of piperazine rings is 1. The van der Waals surface area contributed by atoms with Crippen molar-refractivity contribution in [1.29, 1.82) is 0 Å². The van der Waals surface area contributed by atoms with Crippen LogP contribution in [0.3, 0.4) is 0 Å². The number of carbonyl (C=O) groups is 1. The van der Waals surface area contributed by atoms with Gasteiger partial charge in [0.1, 0.15) is 5.75 Å². The number of ether oxygens (including phenoxy) is 1. The van der Waals surface area contributed by atoms with Crippen molar-refractivity contribution in [2.75, 3.05) is 33.2 Å². The molecule has 0 N–H and O–H groups in total. The van der Waals surface area contributed by atoms with Crippen LogP contribution >= 0.6 is 0 Å². The van der Waals surface area contributed by atoms with Crippen LogP contribution in [0.25, 0.3) is 10.8 Å². The van der Waals surface area contributed by atoms with Gasteiger partial charge in [0.25, 0.3) is 5.91 Å². The van der Waals surface area contributed by atoms with E-state index in [1.54, 1.807) is 0 Å². The normalized spacial score (nSPS) is 17.5. The van der Waals surface area contributed by atoms with Crippen molar-refractivity contribution in [3.8, 4) is 5.75 Å². The van der Waals surface area contributed by atoms with E-state index < -0.39 is 6.10 Å². The Morgan fingerprint density at radius 1 is 1.05 bits per heavy atom. The molecule has 1 fully saturated rings. The van der Waals surface area contributed by atoms with Crippen molar-refractivity contribution in [3.05, 3.63) is 42.5 Å². The van der Waals surface area contributed by atoms with E-state index in [2.05, 4.69) is 24.1 Å². The minimum atomic E-state index is -0.464. The summed E-state index contributed by atoms with van der Waals surface area (Å²) in [5.74, 6) is 0.842. The zero-order valence-electron chi connectivity index (χ0n) is 13.2. The van der Waals surface area contributed by atoms with E-state index in [0.29, 0.717) is 0 Å². The third-order valence-corrected chi connectivity index (χ3v) is 4.22. The summed E-state index contributed by atoms with van der Waals surface area (Å²) in [7, 11) is 2.08. The molecule has 1 aliphatic rings. The summed E-state index contributed by atoms with van der Waals surface area (Å²) < 4.78 is 5.96. The minimum absolute atomic E-state index is 0.0704. The van der Waals surface area contributed by atoms with E-state index in [0.717, 1.165) is 42.7 Å². The number of rotatable bonds is 3. The molecule has 4 nitrogen and oxygen atoms in total. The maximum absolute atomic E-state index is 12.5. The fraction of sp³-hybridized carbons (Fsp3) is 0.389. The Bertz CT molecular complexity index is 658. The molecule has 1 saturated heterocycles. The van der Waals surface area contributed by atoms with E-state index >= 15 is 0 Å². The van der Waals surface area contributed by atoms with Crippen molar-refractivity contribution in [2.45, 2.75) is 13.0 Å². The van der Waals surface area contributed by atoms with Gasteiger partial charge in [-0.25, -0.2) is 0 Å². The molecule has 1 amide bonds. The van der Waals surface area contributed by atoms with Gasteiger partial charge in [0.15, 0.2) is 6.10 Å². The van der Waals surface area contributed by atoms with Gasteiger partial charge in [0, 0.05) is 31.6 Å². The first-order chi connectivity index (χ1) is 10.6. The number of hydrogen-bond acceptors (Lipinski definition) is 3. The fourth-order valence-corrected chi connectivity index (χ4v) is 2.82. The van der Waals surface area contributed by atoms with Crippen LogP contribution in [-0.2, 0) is 4.79 Å². The van der Waals surface area contributed by atoms with Crippen LogP contribution < -0.4 is 4.74 Å². The van der Waals surface area contributed by atoms with Gasteiger partial charge in [-0.1, -0.05) is 36.4 Å². The zero-order chi connectivity index (χ0) is 15.5. The van der Waals surface area contributed by atoms with E-state index in [9.17, 15) is 4.79 Å². The molecule has 0 radical (unpaired) electrons. The molecule has 0 saturated carbocycles. The molecule has 116 valence electrons. The number of nitrogens with zero attached hydrogens (tertiary/aromatic N) is 2. The second-order valence-corrected chi connectivity index (χ2v) is 5.87. The summed E-state index contributed by atoms with van der Waals surface area (Å²) in [6.45, 7) is 5.24. The summed E-state index contributed by atoms with van der Waals surface area (Å²) in [6.07, 6.45) is -0.464. The van der Waals surface area contributed by atoms with E-state index in [1.807, 2.05) is 42.2 Å². The van der Waals surface area contributed by atoms with Gasteiger partial charge in [-0.2, -0.15) is 0 Å². The first-order valence-corrected chi connectivity index (χ1v) is 7.77. The van der Waals surface area contributed by atoms with Crippen molar-refractivity contribution in [3.63, 3.8) is 0 Å². The number of benzene rings is 2. The van der Waals surface area contributed by atoms with Crippen LogP contribution in [0, 0.1) is 0 Å². The lowest BCUT2D eigenvalue weighted by atomic mass is 10.1. The topological polar surface area (TPSA) is 32.8 Å². The zero-order valence-corrected chi connectivity index (χ0v) is 13.2. The highest BCUT2D eigenvalue weighted by Gasteiger charge is 2.25. The van der Waals surface area contributed by atoms with E-state index in [-0.39, 0.29) is 5.91 Å². The maximum atomic E-state index is 12.5. The molecule has 0 aromatic heterocycles. The Hall–Kier alpha value is -2.07. The Morgan fingerprint density at radius 2 is 1.73 bits per heavy atom. The molecule has 3 rings (SSSR count). The predicted octanol–water partition coefficient (Wildman–Crippen LogP) is 2.38. The summed E-state index contributed by atoms with van der Waals surface area (Å²) in [6, 6.07) is 14.0. The highest BCUT2D eigenvalue weighted by molar-refractivity contribution is 5.89. The maximum Gasteiger partial charge on any atom is 0.263 e. The number of carbonyl (C=O) groups excluding carboxylic acids is 1. The summed E-state index contributed by atoms with van der Waals surface area (Å²) in [4.78, 5) is 16.7. The second kappa shape index (κ2) is 6.36. The molecule has 1 heterocycles. The third kappa shape index (κ3) is 3.07. The number of hydrogen-bond donors (Lipinski definition) is 0. The summed E-state index contributed by atoms with van der Waals surface area (Å²) in [5, 5.41) is 2.17.